The van der Waals surface area contributed by atoms with Crippen molar-refractivity contribution in [3.63, 3.8) is 0 Å². The summed E-state index contributed by atoms with van der Waals surface area (Å²) < 4.78 is 0. The predicted octanol–water partition coefficient (Wildman–Crippen LogP) is 3.61. The van der Waals surface area contributed by atoms with Crippen LogP contribution in [-0.4, -0.2) is 22.1 Å². The van der Waals surface area contributed by atoms with Gasteiger partial charge in [0.15, 0.2) is 0 Å². The normalized spacial score (nSPS) is 13.6. The minimum atomic E-state index is 0.180. The van der Waals surface area contributed by atoms with E-state index in [2.05, 4.69) is 63.8 Å². The van der Waals surface area contributed by atoms with E-state index in [1.54, 1.807) is 0 Å². The molecule has 0 spiro atoms. The zero-order valence-corrected chi connectivity index (χ0v) is 14.3. The molecule has 114 valence electrons. The van der Waals surface area contributed by atoms with Gasteiger partial charge in [0.05, 0.1) is 0 Å². The van der Waals surface area contributed by atoms with E-state index in [0.29, 0.717) is 5.92 Å². The molecule has 1 unspecified atom stereocenters. The summed E-state index contributed by atoms with van der Waals surface area (Å²) in [5.41, 5.74) is 3.82. The topological polar surface area (TPSA) is 37.8 Å². The van der Waals surface area contributed by atoms with Crippen LogP contribution < -0.4 is 5.32 Å². The summed E-state index contributed by atoms with van der Waals surface area (Å²) in [6.45, 7) is 16.3. The summed E-state index contributed by atoms with van der Waals surface area (Å²) in [6, 6.07) is 0. The molecule has 0 fully saturated rings. The van der Waals surface area contributed by atoms with Crippen LogP contribution in [0.4, 0.5) is 0 Å². The molecule has 1 heterocycles. The summed E-state index contributed by atoms with van der Waals surface area (Å²) in [7, 11) is 0. The van der Waals surface area contributed by atoms with Gasteiger partial charge in [0.25, 0.3) is 0 Å². The highest BCUT2D eigenvalue weighted by molar-refractivity contribution is 5.25. The Labute approximate surface area is 124 Å². The molecular formula is C17H31N3. The second kappa shape index (κ2) is 7.16. The second-order valence-corrected chi connectivity index (χ2v) is 6.98. The maximum absolute atomic E-state index is 4.65. The number of nitrogens with zero attached hydrogens (tertiary/aromatic N) is 2. The molecule has 3 nitrogen and oxygen atoms in total. The fraction of sp³-hybridized carbons (Fsp3) is 0.765. The number of nitrogens with one attached hydrogen (secondary N) is 1. The molecule has 1 atom stereocenters. The first-order chi connectivity index (χ1) is 9.23. The van der Waals surface area contributed by atoms with Crippen molar-refractivity contribution in [2.24, 2.45) is 5.92 Å². The van der Waals surface area contributed by atoms with E-state index in [1.807, 2.05) is 0 Å². The van der Waals surface area contributed by atoms with Gasteiger partial charge in [-0.1, -0.05) is 13.8 Å². The van der Waals surface area contributed by atoms with Gasteiger partial charge < -0.3 is 5.32 Å². The van der Waals surface area contributed by atoms with Crippen molar-refractivity contribution < 1.29 is 0 Å². The van der Waals surface area contributed by atoms with E-state index in [1.165, 1.54) is 5.56 Å². The van der Waals surface area contributed by atoms with Crippen LogP contribution in [-0.2, 0) is 12.8 Å². The molecule has 0 radical (unpaired) electrons. The molecule has 0 aliphatic carbocycles. The van der Waals surface area contributed by atoms with Crippen molar-refractivity contribution in [1.82, 2.24) is 15.3 Å². The highest BCUT2D eigenvalue weighted by Crippen LogP contribution is 2.16. The number of aromatic nitrogens is 2. The van der Waals surface area contributed by atoms with Gasteiger partial charge in [0.1, 0.15) is 5.82 Å². The Balaban J connectivity index is 2.72. The van der Waals surface area contributed by atoms with Crippen LogP contribution in [0.15, 0.2) is 0 Å². The quantitative estimate of drug-likeness (QED) is 0.863. The van der Waals surface area contributed by atoms with Crippen LogP contribution in [0.1, 0.15) is 63.8 Å². The fourth-order valence-electron chi connectivity index (χ4n) is 2.34. The number of hydrogen-bond acceptors (Lipinski definition) is 3. The lowest BCUT2D eigenvalue weighted by atomic mass is 9.97. The Hall–Kier alpha value is -0.960. The van der Waals surface area contributed by atoms with Gasteiger partial charge in [-0.25, -0.2) is 9.97 Å². The van der Waals surface area contributed by atoms with Gasteiger partial charge >= 0.3 is 0 Å². The molecular weight excluding hydrogens is 246 g/mol. The molecule has 0 aliphatic rings. The van der Waals surface area contributed by atoms with Crippen LogP contribution >= 0.6 is 0 Å². The van der Waals surface area contributed by atoms with Crippen molar-refractivity contribution in [1.29, 1.82) is 0 Å². The van der Waals surface area contributed by atoms with Crippen LogP contribution in [0.2, 0.25) is 0 Å². The highest BCUT2D eigenvalue weighted by Gasteiger charge is 2.15. The molecule has 20 heavy (non-hydrogen) atoms. The summed E-state index contributed by atoms with van der Waals surface area (Å²) in [6.07, 6.45) is 3.13. The minimum absolute atomic E-state index is 0.180. The van der Waals surface area contributed by atoms with Gasteiger partial charge in [-0.15, -0.1) is 0 Å². The molecule has 3 heteroatoms. The second-order valence-electron chi connectivity index (χ2n) is 6.98. The first kappa shape index (κ1) is 17.1. The van der Waals surface area contributed by atoms with E-state index in [9.17, 15) is 0 Å². The summed E-state index contributed by atoms with van der Waals surface area (Å²) >= 11 is 0. The largest absolute Gasteiger partial charge is 0.312 e. The van der Waals surface area contributed by atoms with Gasteiger partial charge in [0.2, 0.25) is 0 Å². The Morgan fingerprint density at radius 2 is 1.65 bits per heavy atom. The van der Waals surface area contributed by atoms with Crippen molar-refractivity contribution in [3.05, 3.63) is 22.8 Å². The summed E-state index contributed by atoms with van der Waals surface area (Å²) in [4.78, 5) is 9.31. The molecule has 1 N–H and O–H groups in total. The predicted molar refractivity (Wildman–Crippen MR) is 86.1 cm³/mol. The Morgan fingerprint density at radius 1 is 1.10 bits per heavy atom. The van der Waals surface area contributed by atoms with Crippen LogP contribution in [0.3, 0.4) is 0 Å². The van der Waals surface area contributed by atoms with Gasteiger partial charge in [-0.3, -0.25) is 0 Å². The van der Waals surface area contributed by atoms with Crippen molar-refractivity contribution in [2.75, 3.05) is 6.54 Å². The first-order valence-electron chi connectivity index (χ1n) is 7.81. The van der Waals surface area contributed by atoms with E-state index in [0.717, 1.165) is 43.0 Å². The van der Waals surface area contributed by atoms with Gasteiger partial charge in [0, 0.05) is 23.3 Å². The van der Waals surface area contributed by atoms with Gasteiger partial charge in [-0.2, -0.15) is 0 Å². The smallest absolute Gasteiger partial charge is 0.128 e. The third-order valence-corrected chi connectivity index (χ3v) is 3.47. The lowest BCUT2D eigenvalue weighted by molar-refractivity contribution is 0.381. The Bertz CT molecular complexity index is 409. The zero-order chi connectivity index (χ0) is 15.3. The van der Waals surface area contributed by atoms with Crippen molar-refractivity contribution in [3.8, 4) is 0 Å². The number of rotatable bonds is 6. The molecule has 1 rings (SSSR count). The lowest BCUT2D eigenvalue weighted by Crippen LogP contribution is -2.39. The Morgan fingerprint density at radius 3 is 2.10 bits per heavy atom. The van der Waals surface area contributed by atoms with Crippen LogP contribution in [0.25, 0.3) is 0 Å². The third kappa shape index (κ3) is 5.58. The van der Waals surface area contributed by atoms with E-state index in [-0.39, 0.29) is 5.54 Å². The molecule has 0 aliphatic heterocycles. The number of aryl methyl sites for hydroxylation is 3. The summed E-state index contributed by atoms with van der Waals surface area (Å²) in [5.74, 6) is 1.58. The molecule has 0 saturated carbocycles. The molecule has 0 saturated heterocycles. The first-order valence-corrected chi connectivity index (χ1v) is 7.81. The zero-order valence-electron chi connectivity index (χ0n) is 14.3. The average Bonchev–Trinajstić information content (AvgIpc) is 2.31. The molecule has 0 aromatic carbocycles. The van der Waals surface area contributed by atoms with E-state index < -0.39 is 0 Å². The SMILES string of the molecule is CCCc1nc(C)c(CC(C)CNC(C)(C)C)c(C)n1. The fourth-order valence-corrected chi connectivity index (χ4v) is 2.34. The monoisotopic (exact) mass is 277 g/mol. The van der Waals surface area contributed by atoms with Crippen LogP contribution in [0.5, 0.6) is 0 Å². The maximum atomic E-state index is 4.65. The maximum Gasteiger partial charge on any atom is 0.128 e. The van der Waals surface area contributed by atoms with Gasteiger partial charge in [-0.05, 0) is 65.5 Å². The molecule has 0 bridgehead atoms. The Kier molecular flexibility index (Phi) is 6.12. The highest BCUT2D eigenvalue weighted by atomic mass is 14.9. The lowest BCUT2D eigenvalue weighted by Gasteiger charge is -2.24. The number of hydrogen-bond donors (Lipinski definition) is 1. The van der Waals surface area contributed by atoms with Crippen molar-refractivity contribution in [2.45, 2.75) is 73.3 Å². The van der Waals surface area contributed by atoms with Crippen molar-refractivity contribution >= 4 is 0 Å². The summed E-state index contributed by atoms with van der Waals surface area (Å²) in [5, 5.41) is 3.57. The minimum Gasteiger partial charge on any atom is -0.312 e. The third-order valence-electron chi connectivity index (χ3n) is 3.47. The van der Waals surface area contributed by atoms with E-state index in [4.69, 9.17) is 0 Å². The molecule has 1 aromatic heterocycles. The van der Waals surface area contributed by atoms with Crippen LogP contribution in [0, 0.1) is 19.8 Å². The average molecular weight is 277 g/mol. The molecule has 1 aromatic rings. The molecule has 0 amide bonds. The van der Waals surface area contributed by atoms with E-state index >= 15 is 0 Å². The standard InChI is InChI=1S/C17H31N3/c1-8-9-16-19-13(3)15(14(4)20-16)10-12(2)11-18-17(5,6)7/h12,18H,8-11H2,1-7H3.